The Bertz CT molecular complexity index is 470. The summed E-state index contributed by atoms with van der Waals surface area (Å²) in [7, 11) is 0. The predicted octanol–water partition coefficient (Wildman–Crippen LogP) is 2.72. The lowest BCUT2D eigenvalue weighted by atomic mass is 9.96. The number of piperidine rings is 1. The molecule has 18 heavy (non-hydrogen) atoms. The third-order valence-corrected chi connectivity index (χ3v) is 3.92. The van der Waals surface area contributed by atoms with E-state index in [1.165, 1.54) is 10.5 Å². The Hall–Kier alpha value is -1.23. The van der Waals surface area contributed by atoms with Crippen LogP contribution >= 0.6 is 0 Å². The van der Waals surface area contributed by atoms with Gasteiger partial charge in [0.1, 0.15) is 0 Å². The number of likely N-dealkylation sites (tertiary alicyclic amines) is 1. The molecule has 1 aliphatic heterocycles. The predicted molar refractivity (Wildman–Crippen MR) is 63.4 cm³/mol. The number of hydrogen-bond donors (Lipinski definition) is 1. The van der Waals surface area contributed by atoms with Gasteiger partial charge in [-0.05, 0) is 41.5 Å². The molecule has 2 nitrogen and oxygen atoms in total. The Morgan fingerprint density at radius 1 is 1.17 bits per heavy atom. The molecule has 0 amide bonds. The second kappa shape index (κ2) is 3.88. The van der Waals surface area contributed by atoms with Crippen LogP contribution < -0.4 is 5.73 Å². The number of nitrogen functional groups attached to an aromatic ring is 1. The van der Waals surface area contributed by atoms with Gasteiger partial charge in [0.15, 0.2) is 0 Å². The zero-order valence-electron chi connectivity index (χ0n) is 9.87. The van der Waals surface area contributed by atoms with Gasteiger partial charge in [0, 0.05) is 18.8 Å². The van der Waals surface area contributed by atoms with Gasteiger partial charge >= 0.3 is 6.18 Å². The molecule has 3 rings (SSSR count). The van der Waals surface area contributed by atoms with Crippen molar-refractivity contribution < 1.29 is 13.2 Å². The number of fused-ring (bicyclic) bond motifs is 5. The lowest BCUT2D eigenvalue weighted by Crippen LogP contribution is -2.41. The molecule has 0 spiro atoms. The summed E-state index contributed by atoms with van der Waals surface area (Å²) < 4.78 is 37.3. The van der Waals surface area contributed by atoms with Crippen molar-refractivity contribution in [3.05, 3.63) is 29.3 Å². The molecule has 5 heteroatoms. The van der Waals surface area contributed by atoms with Crippen LogP contribution in [0.15, 0.2) is 18.2 Å². The second-order valence-electron chi connectivity index (χ2n) is 5.33. The summed E-state index contributed by atoms with van der Waals surface area (Å²) in [5.74, 6) is 0.450. The first-order valence-electron chi connectivity index (χ1n) is 6.11. The molecule has 1 heterocycles. The van der Waals surface area contributed by atoms with Gasteiger partial charge < -0.3 is 5.73 Å². The van der Waals surface area contributed by atoms with Gasteiger partial charge in [-0.15, -0.1) is 0 Å². The Morgan fingerprint density at radius 3 is 2.50 bits per heavy atom. The van der Waals surface area contributed by atoms with Crippen LogP contribution in [0.4, 0.5) is 18.9 Å². The molecule has 2 aliphatic rings. The number of alkyl halides is 3. The Balaban J connectivity index is 1.83. The number of benzene rings is 1. The van der Waals surface area contributed by atoms with Crippen LogP contribution in [0.2, 0.25) is 0 Å². The summed E-state index contributed by atoms with van der Waals surface area (Å²) >= 11 is 0. The minimum Gasteiger partial charge on any atom is -0.399 e. The van der Waals surface area contributed by atoms with E-state index in [-0.39, 0.29) is 11.8 Å². The third-order valence-electron chi connectivity index (χ3n) is 3.92. The highest BCUT2D eigenvalue weighted by Crippen LogP contribution is 2.46. The summed E-state index contributed by atoms with van der Waals surface area (Å²) in [6, 6.07) is 5.75. The monoisotopic (exact) mass is 256 g/mol. The van der Waals surface area contributed by atoms with Crippen molar-refractivity contribution in [3.8, 4) is 0 Å². The van der Waals surface area contributed by atoms with Crippen molar-refractivity contribution in [2.45, 2.75) is 24.4 Å². The summed E-state index contributed by atoms with van der Waals surface area (Å²) in [5, 5.41) is 0. The van der Waals surface area contributed by atoms with Crippen LogP contribution in [-0.2, 0) is 0 Å². The fourth-order valence-electron chi connectivity index (χ4n) is 3.34. The second-order valence-corrected chi connectivity index (χ2v) is 5.33. The number of hydrogen-bond acceptors (Lipinski definition) is 2. The zero-order chi connectivity index (χ0) is 12.9. The van der Waals surface area contributed by atoms with E-state index in [2.05, 4.69) is 0 Å². The average Bonchev–Trinajstić information content (AvgIpc) is 2.49. The van der Waals surface area contributed by atoms with Crippen molar-refractivity contribution in [1.29, 1.82) is 0 Å². The lowest BCUT2D eigenvalue weighted by molar-refractivity contribution is -0.148. The van der Waals surface area contributed by atoms with Gasteiger partial charge in [-0.2, -0.15) is 13.2 Å². The van der Waals surface area contributed by atoms with Gasteiger partial charge in [-0.1, -0.05) is 6.07 Å². The highest BCUT2D eigenvalue weighted by molar-refractivity contribution is 5.50. The fourth-order valence-corrected chi connectivity index (χ4v) is 3.34. The van der Waals surface area contributed by atoms with Gasteiger partial charge in [0.25, 0.3) is 0 Å². The van der Waals surface area contributed by atoms with Gasteiger partial charge in [-0.25, -0.2) is 0 Å². The third kappa shape index (κ3) is 2.07. The van der Waals surface area contributed by atoms with E-state index in [4.69, 9.17) is 5.73 Å². The van der Waals surface area contributed by atoms with Crippen LogP contribution in [0.1, 0.15) is 29.4 Å². The van der Waals surface area contributed by atoms with Crippen LogP contribution in [0, 0.1) is 0 Å². The van der Waals surface area contributed by atoms with Crippen molar-refractivity contribution in [1.82, 2.24) is 4.90 Å². The molecule has 0 aromatic heterocycles. The first-order valence-corrected chi connectivity index (χ1v) is 6.11. The molecule has 1 aliphatic carbocycles. The van der Waals surface area contributed by atoms with E-state index in [0.717, 1.165) is 12.0 Å². The van der Waals surface area contributed by atoms with Gasteiger partial charge in [-0.3, -0.25) is 4.90 Å². The highest BCUT2D eigenvalue weighted by atomic mass is 19.4. The normalized spacial score (nSPS) is 27.3. The van der Waals surface area contributed by atoms with Crippen LogP contribution in [-0.4, -0.2) is 30.7 Å². The van der Waals surface area contributed by atoms with Crippen LogP contribution in [0.5, 0.6) is 0 Å². The number of halogens is 3. The van der Waals surface area contributed by atoms with E-state index in [1.807, 2.05) is 18.2 Å². The number of nitrogens with zero attached hydrogens (tertiary/aromatic N) is 1. The van der Waals surface area contributed by atoms with Gasteiger partial charge in [0.05, 0.1) is 6.54 Å². The van der Waals surface area contributed by atoms with E-state index in [9.17, 15) is 13.2 Å². The molecule has 0 radical (unpaired) electrons. The molecule has 1 saturated heterocycles. The van der Waals surface area contributed by atoms with Crippen molar-refractivity contribution >= 4 is 5.69 Å². The average molecular weight is 256 g/mol. The van der Waals surface area contributed by atoms with E-state index < -0.39 is 12.7 Å². The first-order chi connectivity index (χ1) is 8.42. The largest absolute Gasteiger partial charge is 0.401 e. The standard InChI is InChI=1S/C13H15F3N2/c14-13(15,16)7-18-5-8-3-9(6-18)12-4-10(17)1-2-11(8)12/h1-2,4,8-9H,3,5-7,17H2. The number of anilines is 1. The maximum absolute atomic E-state index is 12.4. The molecule has 1 aromatic rings. The quantitative estimate of drug-likeness (QED) is 0.783. The Labute approximate surface area is 104 Å². The molecule has 98 valence electrons. The van der Waals surface area contributed by atoms with E-state index >= 15 is 0 Å². The smallest absolute Gasteiger partial charge is 0.399 e. The zero-order valence-corrected chi connectivity index (χ0v) is 9.87. The maximum atomic E-state index is 12.4. The summed E-state index contributed by atoms with van der Waals surface area (Å²) in [4.78, 5) is 1.52. The Kier molecular flexibility index (Phi) is 2.55. The first kappa shape index (κ1) is 11.8. The molecule has 2 N–H and O–H groups in total. The van der Waals surface area contributed by atoms with Crippen molar-refractivity contribution in [2.75, 3.05) is 25.4 Å². The molecule has 2 bridgehead atoms. The summed E-state index contributed by atoms with van der Waals surface area (Å²) in [5.41, 5.74) is 8.80. The highest BCUT2D eigenvalue weighted by Gasteiger charge is 2.41. The van der Waals surface area contributed by atoms with Crippen LogP contribution in [0.3, 0.4) is 0 Å². The molecule has 1 aromatic carbocycles. The Morgan fingerprint density at radius 2 is 1.83 bits per heavy atom. The van der Waals surface area contributed by atoms with E-state index in [0.29, 0.717) is 18.8 Å². The van der Waals surface area contributed by atoms with Gasteiger partial charge in [0.2, 0.25) is 0 Å². The minimum atomic E-state index is -4.11. The minimum absolute atomic E-state index is 0.213. The fraction of sp³-hybridized carbons (Fsp3) is 0.538. The summed E-state index contributed by atoms with van der Waals surface area (Å²) in [6.07, 6.45) is -3.14. The van der Waals surface area contributed by atoms with Crippen molar-refractivity contribution in [3.63, 3.8) is 0 Å². The topological polar surface area (TPSA) is 29.3 Å². The molecular formula is C13H15F3N2. The maximum Gasteiger partial charge on any atom is 0.401 e. The molecular weight excluding hydrogens is 241 g/mol. The molecule has 2 unspecified atom stereocenters. The van der Waals surface area contributed by atoms with E-state index in [1.54, 1.807) is 0 Å². The number of rotatable bonds is 1. The van der Waals surface area contributed by atoms with Crippen LogP contribution in [0.25, 0.3) is 0 Å². The molecule has 1 fully saturated rings. The molecule has 0 saturated carbocycles. The lowest BCUT2D eigenvalue weighted by Gasteiger charge is -2.32. The van der Waals surface area contributed by atoms with Crippen molar-refractivity contribution in [2.24, 2.45) is 0 Å². The number of nitrogens with two attached hydrogens (primary N) is 1. The molecule has 2 atom stereocenters. The summed E-state index contributed by atoms with van der Waals surface area (Å²) in [6.45, 7) is 0.197. The SMILES string of the molecule is Nc1ccc2c(c1)C1CC2CN(CC(F)(F)F)C1.